The number of hydrogen-bond donors (Lipinski definition) is 2. The SMILES string of the molecule is COC(=O)c1sc2c(C(=O)C(N)=O)c3c(OCC(=O)O)cccn3c2c1-c1ccccc1. The Hall–Kier alpha value is -4.18. The first kappa shape index (κ1) is 21.1. The first-order valence-electron chi connectivity index (χ1n) is 9.27. The Bertz CT molecular complexity index is 1400. The number of carboxylic acid groups (broad SMARTS) is 1. The molecule has 4 aromatic rings. The van der Waals surface area contributed by atoms with Gasteiger partial charge in [-0.15, -0.1) is 11.3 Å². The predicted octanol–water partition coefficient (Wildman–Crippen LogP) is 2.74. The fourth-order valence-corrected chi connectivity index (χ4v) is 4.82. The third-order valence-electron chi connectivity index (χ3n) is 4.78. The first-order chi connectivity index (χ1) is 15.3. The second-order valence-electron chi connectivity index (χ2n) is 6.68. The second kappa shape index (κ2) is 8.16. The van der Waals surface area contributed by atoms with Crippen molar-refractivity contribution in [1.29, 1.82) is 0 Å². The van der Waals surface area contributed by atoms with Crippen molar-refractivity contribution in [1.82, 2.24) is 4.40 Å². The molecular formula is C22H16N2O7S. The van der Waals surface area contributed by atoms with Crippen molar-refractivity contribution in [2.45, 2.75) is 0 Å². The highest BCUT2D eigenvalue weighted by Crippen LogP contribution is 2.45. The summed E-state index contributed by atoms with van der Waals surface area (Å²) in [5, 5.41) is 9.01. The number of ketones is 1. The molecule has 3 aromatic heterocycles. The minimum absolute atomic E-state index is 0.0641. The Morgan fingerprint density at radius 2 is 1.78 bits per heavy atom. The monoisotopic (exact) mass is 452 g/mol. The number of carboxylic acids is 1. The summed E-state index contributed by atoms with van der Waals surface area (Å²) in [6, 6.07) is 12.1. The highest BCUT2D eigenvalue weighted by Gasteiger charge is 2.31. The number of Topliss-reactive ketones (excluding diaryl/α,β-unsaturated/α-hetero) is 1. The maximum absolute atomic E-state index is 12.9. The van der Waals surface area contributed by atoms with Crippen LogP contribution in [0.4, 0.5) is 0 Å². The van der Waals surface area contributed by atoms with E-state index in [9.17, 15) is 19.2 Å². The Balaban J connectivity index is 2.17. The Morgan fingerprint density at radius 1 is 1.06 bits per heavy atom. The van der Waals surface area contributed by atoms with Gasteiger partial charge >= 0.3 is 11.9 Å². The van der Waals surface area contributed by atoms with Crippen LogP contribution >= 0.6 is 11.3 Å². The van der Waals surface area contributed by atoms with Crippen molar-refractivity contribution < 1.29 is 33.8 Å². The number of nitrogens with two attached hydrogens (primary N) is 1. The van der Waals surface area contributed by atoms with Gasteiger partial charge in [-0.25, -0.2) is 9.59 Å². The number of fused-ring (bicyclic) bond motifs is 3. The number of pyridine rings is 1. The number of carbonyl (C=O) groups is 4. The molecule has 0 radical (unpaired) electrons. The number of primary amides is 1. The van der Waals surface area contributed by atoms with Crippen LogP contribution < -0.4 is 10.5 Å². The molecule has 162 valence electrons. The fourth-order valence-electron chi connectivity index (χ4n) is 3.55. The average molecular weight is 452 g/mol. The van der Waals surface area contributed by atoms with Crippen LogP contribution in [-0.2, 0) is 14.3 Å². The van der Waals surface area contributed by atoms with Gasteiger partial charge in [-0.1, -0.05) is 30.3 Å². The highest BCUT2D eigenvalue weighted by molar-refractivity contribution is 7.22. The van der Waals surface area contributed by atoms with Crippen molar-refractivity contribution in [2.75, 3.05) is 13.7 Å². The van der Waals surface area contributed by atoms with Crippen molar-refractivity contribution in [3.63, 3.8) is 0 Å². The number of ether oxygens (including phenoxy) is 2. The van der Waals surface area contributed by atoms with E-state index >= 15 is 0 Å². The fraction of sp³-hybridized carbons (Fsp3) is 0.0909. The summed E-state index contributed by atoms with van der Waals surface area (Å²) in [6.07, 6.45) is 1.63. The molecule has 0 aliphatic heterocycles. The van der Waals surface area contributed by atoms with Crippen LogP contribution in [0.15, 0.2) is 48.7 Å². The van der Waals surface area contributed by atoms with Crippen LogP contribution in [0.2, 0.25) is 0 Å². The lowest BCUT2D eigenvalue weighted by Crippen LogP contribution is -2.23. The van der Waals surface area contributed by atoms with Crippen LogP contribution in [0.1, 0.15) is 20.0 Å². The van der Waals surface area contributed by atoms with Crippen molar-refractivity contribution in [3.8, 4) is 16.9 Å². The molecule has 0 atom stereocenters. The molecule has 4 rings (SSSR count). The second-order valence-corrected chi connectivity index (χ2v) is 7.70. The number of rotatable bonds is 7. The van der Waals surface area contributed by atoms with E-state index in [1.807, 2.05) is 6.07 Å². The lowest BCUT2D eigenvalue weighted by atomic mass is 10.0. The maximum atomic E-state index is 12.9. The van der Waals surface area contributed by atoms with E-state index in [-0.39, 0.29) is 21.7 Å². The topological polar surface area (TPSA) is 137 Å². The number of benzene rings is 1. The molecule has 0 bridgehead atoms. The van der Waals surface area contributed by atoms with Crippen molar-refractivity contribution in [3.05, 3.63) is 59.1 Å². The van der Waals surface area contributed by atoms with E-state index in [2.05, 4.69) is 0 Å². The summed E-state index contributed by atoms with van der Waals surface area (Å²) in [7, 11) is 1.25. The molecule has 0 aliphatic carbocycles. The van der Waals surface area contributed by atoms with Gasteiger partial charge in [0.25, 0.3) is 11.7 Å². The van der Waals surface area contributed by atoms with E-state index in [4.69, 9.17) is 20.3 Å². The zero-order valence-corrected chi connectivity index (χ0v) is 17.5. The predicted molar refractivity (Wildman–Crippen MR) is 116 cm³/mol. The molecule has 1 aromatic carbocycles. The van der Waals surface area contributed by atoms with Gasteiger partial charge in [0.05, 0.1) is 22.9 Å². The van der Waals surface area contributed by atoms with E-state index < -0.39 is 30.2 Å². The number of amides is 1. The van der Waals surface area contributed by atoms with Gasteiger partial charge in [0.2, 0.25) is 0 Å². The van der Waals surface area contributed by atoms with Crippen LogP contribution in [0.5, 0.6) is 5.75 Å². The van der Waals surface area contributed by atoms with Crippen LogP contribution in [0, 0.1) is 0 Å². The summed E-state index contributed by atoms with van der Waals surface area (Å²) in [6.45, 7) is -0.651. The summed E-state index contributed by atoms with van der Waals surface area (Å²) in [4.78, 5) is 48.6. The van der Waals surface area contributed by atoms with Gasteiger partial charge in [-0.3, -0.25) is 9.59 Å². The van der Waals surface area contributed by atoms with Crippen LogP contribution in [-0.4, -0.2) is 46.9 Å². The molecule has 0 fully saturated rings. The largest absolute Gasteiger partial charge is 0.480 e. The standard InChI is InChI=1S/C22H16N2O7S/c1-30-22(29)20-14(11-6-3-2-4-7-11)17-19(32-20)15(18(27)21(23)28)16-12(31-10-13(25)26)8-5-9-24(16)17/h2-9H,10H2,1H3,(H2,23,28)(H,25,26). The summed E-state index contributed by atoms with van der Waals surface area (Å²) < 4.78 is 12.2. The first-order valence-corrected chi connectivity index (χ1v) is 10.1. The molecule has 0 saturated heterocycles. The maximum Gasteiger partial charge on any atom is 0.348 e. The number of esters is 1. The quantitative estimate of drug-likeness (QED) is 0.250. The molecule has 0 unspecified atom stereocenters. The third kappa shape index (κ3) is 3.36. The van der Waals surface area contributed by atoms with Gasteiger partial charge in [-0.05, 0) is 17.7 Å². The smallest absolute Gasteiger partial charge is 0.348 e. The van der Waals surface area contributed by atoms with E-state index in [0.29, 0.717) is 21.3 Å². The number of nitrogens with zero attached hydrogens (tertiary/aromatic N) is 1. The molecule has 32 heavy (non-hydrogen) atoms. The molecule has 0 aliphatic rings. The molecule has 0 saturated carbocycles. The Morgan fingerprint density at radius 3 is 2.41 bits per heavy atom. The molecule has 3 heterocycles. The van der Waals surface area contributed by atoms with Gasteiger partial charge in [0.1, 0.15) is 16.1 Å². The summed E-state index contributed by atoms with van der Waals surface area (Å²) in [5.74, 6) is -3.90. The lowest BCUT2D eigenvalue weighted by Gasteiger charge is -2.09. The number of aromatic nitrogens is 1. The van der Waals surface area contributed by atoms with E-state index in [1.54, 1.807) is 40.9 Å². The van der Waals surface area contributed by atoms with Gasteiger partial charge in [0.15, 0.2) is 6.61 Å². The number of hydrogen-bond acceptors (Lipinski definition) is 7. The minimum Gasteiger partial charge on any atom is -0.480 e. The zero-order chi connectivity index (χ0) is 23.0. The highest BCUT2D eigenvalue weighted by atomic mass is 32.1. The molecule has 9 nitrogen and oxygen atoms in total. The number of carbonyl (C=O) groups excluding carboxylic acids is 3. The zero-order valence-electron chi connectivity index (χ0n) is 16.7. The Labute approximate surface area is 184 Å². The van der Waals surface area contributed by atoms with Gasteiger partial charge < -0.3 is 24.7 Å². The number of methoxy groups -OCH3 is 1. The third-order valence-corrected chi connectivity index (χ3v) is 5.96. The van der Waals surface area contributed by atoms with E-state index in [0.717, 1.165) is 11.3 Å². The van der Waals surface area contributed by atoms with Gasteiger partial charge in [0, 0.05) is 11.8 Å². The number of thiophene rings is 1. The minimum atomic E-state index is -1.21. The van der Waals surface area contributed by atoms with Crippen LogP contribution in [0.3, 0.4) is 0 Å². The van der Waals surface area contributed by atoms with E-state index in [1.165, 1.54) is 13.2 Å². The summed E-state index contributed by atoms with van der Waals surface area (Å²) >= 11 is 0.987. The van der Waals surface area contributed by atoms with Crippen molar-refractivity contribution >= 4 is 50.7 Å². The molecular weight excluding hydrogens is 436 g/mol. The molecule has 10 heteroatoms. The lowest BCUT2D eigenvalue weighted by molar-refractivity contribution is -0.139. The van der Waals surface area contributed by atoms with Gasteiger partial charge in [-0.2, -0.15) is 0 Å². The normalized spacial score (nSPS) is 10.9. The van der Waals surface area contributed by atoms with Crippen LogP contribution in [0.25, 0.3) is 26.9 Å². The molecule has 3 N–H and O–H groups in total. The molecule has 0 spiro atoms. The summed E-state index contributed by atoms with van der Waals surface area (Å²) in [5.41, 5.74) is 7.10. The average Bonchev–Trinajstić information content (AvgIpc) is 3.32. The Kier molecular flexibility index (Phi) is 5.37. The number of aliphatic carboxylic acids is 1. The van der Waals surface area contributed by atoms with Crippen molar-refractivity contribution in [2.24, 2.45) is 5.73 Å². The molecule has 1 amide bonds.